The van der Waals surface area contributed by atoms with Gasteiger partial charge in [0.25, 0.3) is 0 Å². The fourth-order valence-electron chi connectivity index (χ4n) is 3.81. The zero-order chi connectivity index (χ0) is 19.1. The molecule has 3 aromatic carbocycles. The molecular formula is C26H22N2. The van der Waals surface area contributed by atoms with E-state index in [-0.39, 0.29) is 0 Å². The van der Waals surface area contributed by atoms with Gasteiger partial charge in [-0.25, -0.2) is 9.97 Å². The number of benzene rings is 3. The summed E-state index contributed by atoms with van der Waals surface area (Å²) in [6.45, 7) is 4.35. The van der Waals surface area contributed by atoms with Crippen molar-refractivity contribution < 1.29 is 0 Å². The summed E-state index contributed by atoms with van der Waals surface area (Å²) in [5.41, 5.74) is 7.34. The summed E-state index contributed by atoms with van der Waals surface area (Å²) in [5, 5.41) is 2.34. The minimum Gasteiger partial charge on any atom is -0.244 e. The van der Waals surface area contributed by atoms with Gasteiger partial charge in [0, 0.05) is 10.9 Å². The molecule has 0 saturated heterocycles. The van der Waals surface area contributed by atoms with Crippen molar-refractivity contribution in [2.24, 2.45) is 5.92 Å². The maximum Gasteiger partial charge on any atom is 0.0973 e. The third kappa shape index (κ3) is 2.91. The van der Waals surface area contributed by atoms with E-state index in [4.69, 9.17) is 9.97 Å². The van der Waals surface area contributed by atoms with E-state index < -0.39 is 0 Å². The van der Waals surface area contributed by atoms with Crippen LogP contribution in [-0.4, -0.2) is 9.97 Å². The number of allylic oxidation sites excluding steroid dienone is 4. The number of rotatable bonds is 2. The first-order valence-electron chi connectivity index (χ1n) is 9.84. The van der Waals surface area contributed by atoms with Crippen LogP contribution in [0.15, 0.2) is 78.9 Å². The average Bonchev–Trinajstić information content (AvgIpc) is 2.74. The molecule has 0 spiro atoms. The van der Waals surface area contributed by atoms with Gasteiger partial charge in [-0.05, 0) is 36.3 Å². The average molecular weight is 362 g/mol. The molecule has 0 bridgehead atoms. The molecule has 1 unspecified atom stereocenters. The Labute approximate surface area is 165 Å². The van der Waals surface area contributed by atoms with E-state index in [1.165, 1.54) is 10.9 Å². The molecule has 28 heavy (non-hydrogen) atoms. The molecule has 2 nitrogen and oxygen atoms in total. The van der Waals surface area contributed by atoms with Crippen LogP contribution in [0.5, 0.6) is 0 Å². The lowest BCUT2D eigenvalue weighted by Gasteiger charge is -2.16. The standard InChI is InChI=1S/C26H22N2/c1-17-7-11-20(12-8-17)24-25(21-13-9-18(2)10-14-21)28-26-22-6-4-3-5-19(22)15-16-23(26)27-24/h3-7,9-17H,8H2,1-2H3. The highest BCUT2D eigenvalue weighted by molar-refractivity contribution is 6.05. The molecule has 0 radical (unpaired) electrons. The molecule has 1 aromatic heterocycles. The van der Waals surface area contributed by atoms with Gasteiger partial charge in [-0.15, -0.1) is 0 Å². The van der Waals surface area contributed by atoms with Crippen molar-refractivity contribution in [2.75, 3.05) is 0 Å². The van der Waals surface area contributed by atoms with Gasteiger partial charge in [-0.3, -0.25) is 0 Å². The highest BCUT2D eigenvalue weighted by Gasteiger charge is 2.17. The Hall–Kier alpha value is -3.26. The molecule has 1 aliphatic carbocycles. The number of nitrogens with zero attached hydrogens (tertiary/aromatic N) is 2. The molecule has 136 valence electrons. The molecule has 1 heterocycles. The largest absolute Gasteiger partial charge is 0.244 e. The van der Waals surface area contributed by atoms with Crippen molar-refractivity contribution in [3.05, 3.63) is 90.1 Å². The zero-order valence-electron chi connectivity index (χ0n) is 16.2. The second-order valence-corrected chi connectivity index (χ2v) is 7.67. The van der Waals surface area contributed by atoms with Crippen molar-refractivity contribution >= 4 is 27.4 Å². The summed E-state index contributed by atoms with van der Waals surface area (Å²) in [4.78, 5) is 10.3. The molecule has 0 saturated carbocycles. The Morgan fingerprint density at radius 2 is 1.68 bits per heavy atom. The van der Waals surface area contributed by atoms with Crippen LogP contribution in [0.2, 0.25) is 0 Å². The molecule has 0 aliphatic heterocycles. The minimum absolute atomic E-state index is 0.573. The zero-order valence-corrected chi connectivity index (χ0v) is 16.2. The Balaban J connectivity index is 1.81. The Kier molecular flexibility index (Phi) is 4.05. The van der Waals surface area contributed by atoms with Crippen LogP contribution in [-0.2, 0) is 0 Å². The first kappa shape index (κ1) is 16.9. The van der Waals surface area contributed by atoms with Gasteiger partial charge in [0.1, 0.15) is 0 Å². The number of hydrogen-bond acceptors (Lipinski definition) is 2. The molecule has 0 N–H and O–H groups in total. The lowest BCUT2D eigenvalue weighted by Crippen LogP contribution is -2.01. The Morgan fingerprint density at radius 3 is 2.46 bits per heavy atom. The predicted octanol–water partition coefficient (Wildman–Crippen LogP) is 6.74. The molecule has 0 amide bonds. The molecule has 0 fully saturated rings. The highest BCUT2D eigenvalue weighted by atomic mass is 14.8. The summed E-state index contributed by atoms with van der Waals surface area (Å²) in [7, 11) is 0. The first-order valence-corrected chi connectivity index (χ1v) is 9.84. The van der Waals surface area contributed by atoms with E-state index in [0.717, 1.165) is 45.4 Å². The number of aryl methyl sites for hydroxylation is 1. The molecule has 1 aliphatic rings. The SMILES string of the molecule is Cc1ccc(-c2nc3c(ccc4ccccc43)nc2C2=CCC(C)C=C2)cc1. The maximum atomic E-state index is 5.16. The summed E-state index contributed by atoms with van der Waals surface area (Å²) in [6.07, 6.45) is 7.79. The number of fused-ring (bicyclic) bond motifs is 3. The van der Waals surface area contributed by atoms with Crippen LogP contribution in [0.3, 0.4) is 0 Å². The summed E-state index contributed by atoms with van der Waals surface area (Å²) in [6, 6.07) is 21.2. The Bertz CT molecular complexity index is 1250. The lowest BCUT2D eigenvalue weighted by molar-refractivity contribution is 0.738. The normalized spacial score (nSPS) is 16.5. The smallest absolute Gasteiger partial charge is 0.0973 e. The summed E-state index contributed by atoms with van der Waals surface area (Å²) < 4.78 is 0. The number of aromatic nitrogens is 2. The fraction of sp³-hybridized carbons (Fsp3) is 0.154. The second-order valence-electron chi connectivity index (χ2n) is 7.67. The van der Waals surface area contributed by atoms with Crippen molar-refractivity contribution in [3.8, 4) is 11.3 Å². The third-order valence-corrected chi connectivity index (χ3v) is 5.47. The lowest BCUT2D eigenvalue weighted by atomic mass is 9.94. The van der Waals surface area contributed by atoms with Crippen LogP contribution < -0.4 is 0 Å². The van der Waals surface area contributed by atoms with E-state index in [0.29, 0.717) is 5.92 Å². The number of hydrogen-bond donors (Lipinski definition) is 0. The van der Waals surface area contributed by atoms with E-state index in [2.05, 4.69) is 92.7 Å². The minimum atomic E-state index is 0.573. The van der Waals surface area contributed by atoms with Crippen LogP contribution >= 0.6 is 0 Å². The van der Waals surface area contributed by atoms with Gasteiger partial charge in [-0.2, -0.15) is 0 Å². The van der Waals surface area contributed by atoms with Crippen LogP contribution in [0.25, 0.3) is 38.6 Å². The van der Waals surface area contributed by atoms with E-state index in [1.807, 2.05) is 0 Å². The van der Waals surface area contributed by atoms with Crippen molar-refractivity contribution in [3.63, 3.8) is 0 Å². The van der Waals surface area contributed by atoms with Gasteiger partial charge in [-0.1, -0.05) is 85.3 Å². The van der Waals surface area contributed by atoms with E-state index in [9.17, 15) is 0 Å². The van der Waals surface area contributed by atoms with E-state index in [1.54, 1.807) is 0 Å². The second kappa shape index (κ2) is 6.72. The molecule has 4 aromatic rings. The van der Waals surface area contributed by atoms with E-state index >= 15 is 0 Å². The van der Waals surface area contributed by atoms with Gasteiger partial charge < -0.3 is 0 Å². The quantitative estimate of drug-likeness (QED) is 0.369. The Morgan fingerprint density at radius 1 is 0.857 bits per heavy atom. The summed E-state index contributed by atoms with van der Waals surface area (Å²) >= 11 is 0. The van der Waals surface area contributed by atoms with Gasteiger partial charge >= 0.3 is 0 Å². The van der Waals surface area contributed by atoms with Gasteiger partial charge in [0.15, 0.2) is 0 Å². The fourth-order valence-corrected chi connectivity index (χ4v) is 3.81. The van der Waals surface area contributed by atoms with Gasteiger partial charge in [0.2, 0.25) is 0 Å². The maximum absolute atomic E-state index is 5.16. The van der Waals surface area contributed by atoms with Crippen molar-refractivity contribution in [2.45, 2.75) is 20.3 Å². The third-order valence-electron chi connectivity index (χ3n) is 5.47. The van der Waals surface area contributed by atoms with Crippen LogP contribution in [0, 0.1) is 12.8 Å². The van der Waals surface area contributed by atoms with Crippen molar-refractivity contribution in [1.82, 2.24) is 9.97 Å². The monoisotopic (exact) mass is 362 g/mol. The molecule has 2 heteroatoms. The molecule has 1 atom stereocenters. The first-order chi connectivity index (χ1) is 13.7. The predicted molar refractivity (Wildman–Crippen MR) is 118 cm³/mol. The molecule has 5 rings (SSSR count). The van der Waals surface area contributed by atoms with Crippen LogP contribution in [0.1, 0.15) is 24.6 Å². The highest BCUT2D eigenvalue weighted by Crippen LogP contribution is 2.33. The van der Waals surface area contributed by atoms with Crippen molar-refractivity contribution in [1.29, 1.82) is 0 Å². The van der Waals surface area contributed by atoms with Crippen LogP contribution in [0.4, 0.5) is 0 Å². The topological polar surface area (TPSA) is 25.8 Å². The molecular weight excluding hydrogens is 340 g/mol. The van der Waals surface area contributed by atoms with Gasteiger partial charge in [0.05, 0.1) is 22.4 Å². The summed E-state index contributed by atoms with van der Waals surface area (Å²) in [5.74, 6) is 0.573.